The third kappa shape index (κ3) is 4.48. The van der Waals surface area contributed by atoms with Crippen LogP contribution in [0.15, 0.2) is 24.7 Å². The van der Waals surface area contributed by atoms with Gasteiger partial charge in [0.25, 0.3) is 5.95 Å². The molecule has 0 N–H and O–H groups in total. The Morgan fingerprint density at radius 3 is 2.89 bits per heavy atom. The van der Waals surface area contributed by atoms with Gasteiger partial charge in [-0.1, -0.05) is 6.07 Å². The van der Waals surface area contributed by atoms with Crippen molar-refractivity contribution < 1.29 is 13.9 Å². The number of amides is 1. The fourth-order valence-corrected chi connectivity index (χ4v) is 4.67. The molecular weight excluding hydrogens is 453 g/mol. The van der Waals surface area contributed by atoms with Crippen molar-refractivity contribution >= 4 is 5.91 Å². The third-order valence-electron chi connectivity index (χ3n) is 6.73. The van der Waals surface area contributed by atoms with E-state index >= 15 is 0 Å². The van der Waals surface area contributed by atoms with E-state index in [-0.39, 0.29) is 30.0 Å². The zero-order valence-corrected chi connectivity index (χ0v) is 19.4. The van der Waals surface area contributed by atoms with Gasteiger partial charge in [-0.3, -0.25) is 9.69 Å². The highest BCUT2D eigenvalue weighted by Crippen LogP contribution is 2.31. The lowest BCUT2D eigenvalue weighted by Gasteiger charge is -2.46. The molecule has 1 aromatic carbocycles. The van der Waals surface area contributed by atoms with Crippen molar-refractivity contribution in [1.29, 1.82) is 5.26 Å². The maximum absolute atomic E-state index is 13.9. The number of carbonyl (C=O) groups excluding carboxylic acids is 1. The van der Waals surface area contributed by atoms with E-state index in [9.17, 15) is 14.4 Å². The van der Waals surface area contributed by atoms with Gasteiger partial charge in [-0.25, -0.2) is 14.4 Å². The Labute approximate surface area is 201 Å². The highest BCUT2D eigenvalue weighted by atomic mass is 19.1. The van der Waals surface area contributed by atoms with Gasteiger partial charge in [-0.2, -0.15) is 9.94 Å². The lowest BCUT2D eigenvalue weighted by molar-refractivity contribution is -0.139. The highest BCUT2D eigenvalue weighted by molar-refractivity contribution is 5.79. The van der Waals surface area contributed by atoms with Gasteiger partial charge in [-0.05, 0) is 41.5 Å². The summed E-state index contributed by atoms with van der Waals surface area (Å²) in [5.41, 5.74) is 2.98. The molecule has 1 amide bonds. The first-order valence-corrected chi connectivity index (χ1v) is 11.3. The van der Waals surface area contributed by atoms with Gasteiger partial charge in [0, 0.05) is 43.6 Å². The van der Waals surface area contributed by atoms with Crippen LogP contribution in [0.3, 0.4) is 0 Å². The Morgan fingerprint density at radius 2 is 2.14 bits per heavy atom. The Bertz CT molecular complexity index is 1290. The Hall–Kier alpha value is -3.82. The molecule has 0 aliphatic carbocycles. The van der Waals surface area contributed by atoms with E-state index in [4.69, 9.17) is 4.74 Å². The van der Waals surface area contributed by atoms with Gasteiger partial charge in [0.05, 0.1) is 30.7 Å². The molecule has 0 radical (unpaired) electrons. The Kier molecular flexibility index (Phi) is 6.19. The molecule has 12 heteroatoms. The van der Waals surface area contributed by atoms with Crippen LogP contribution in [-0.4, -0.2) is 84.7 Å². The number of carbonyl (C=O) groups is 1. The van der Waals surface area contributed by atoms with Crippen molar-refractivity contribution in [3.05, 3.63) is 58.4 Å². The molecule has 4 heterocycles. The summed E-state index contributed by atoms with van der Waals surface area (Å²) in [7, 11) is 0. The molecular formula is C23H24FN9O2. The summed E-state index contributed by atoms with van der Waals surface area (Å²) in [5, 5.41) is 20.2. The molecule has 2 aliphatic rings. The molecule has 0 saturated carbocycles. The minimum absolute atomic E-state index is 0.0155. The van der Waals surface area contributed by atoms with E-state index in [1.54, 1.807) is 19.2 Å². The predicted molar refractivity (Wildman–Crippen MR) is 120 cm³/mol. The minimum Gasteiger partial charge on any atom is -0.370 e. The van der Waals surface area contributed by atoms with Gasteiger partial charge < -0.3 is 9.64 Å². The normalized spacial score (nSPS) is 20.3. The number of nitrogens with zero attached hydrogens (tertiary/aromatic N) is 9. The number of hydrogen-bond acceptors (Lipinski definition) is 9. The number of hydrogen-bond donors (Lipinski definition) is 0. The van der Waals surface area contributed by atoms with E-state index in [1.807, 2.05) is 17.9 Å². The molecule has 180 valence electrons. The number of benzene rings is 1. The second-order valence-corrected chi connectivity index (χ2v) is 8.77. The zero-order valence-electron chi connectivity index (χ0n) is 19.4. The fraction of sp³-hybridized carbons (Fsp3) is 0.435. The minimum atomic E-state index is -0.514. The SMILES string of the molecule is Cc1nc(-n2cnnn2)ncc1CC(=O)N1CCN2C[C@H](c3ccc(F)c(C#N)c3C)OC[C@@H]2C1. The first-order chi connectivity index (χ1) is 16.9. The summed E-state index contributed by atoms with van der Waals surface area (Å²) >= 11 is 0. The topological polar surface area (TPSA) is 126 Å². The van der Waals surface area contributed by atoms with Crippen LogP contribution in [0.25, 0.3) is 5.95 Å². The number of piperazine rings is 1. The Morgan fingerprint density at radius 1 is 1.29 bits per heavy atom. The molecule has 0 unspecified atom stereocenters. The van der Waals surface area contributed by atoms with E-state index in [2.05, 4.69) is 30.4 Å². The number of nitriles is 1. The number of ether oxygens (including phenoxy) is 1. The monoisotopic (exact) mass is 477 g/mol. The molecule has 3 aromatic rings. The summed E-state index contributed by atoms with van der Waals surface area (Å²) in [6, 6.07) is 5.05. The number of morpholine rings is 1. The van der Waals surface area contributed by atoms with Crippen molar-refractivity contribution in [2.24, 2.45) is 0 Å². The maximum atomic E-state index is 13.9. The second-order valence-electron chi connectivity index (χ2n) is 8.77. The van der Waals surface area contributed by atoms with Crippen molar-refractivity contribution in [2.45, 2.75) is 32.4 Å². The lowest BCUT2D eigenvalue weighted by Crippen LogP contribution is -2.59. The van der Waals surface area contributed by atoms with E-state index < -0.39 is 5.82 Å². The third-order valence-corrected chi connectivity index (χ3v) is 6.73. The smallest absolute Gasteiger partial charge is 0.253 e. The van der Waals surface area contributed by atoms with Gasteiger partial charge >= 0.3 is 0 Å². The van der Waals surface area contributed by atoms with Crippen LogP contribution < -0.4 is 0 Å². The van der Waals surface area contributed by atoms with Crippen molar-refractivity contribution in [3.63, 3.8) is 0 Å². The predicted octanol–water partition coefficient (Wildman–Crippen LogP) is 0.907. The number of halogens is 1. The van der Waals surface area contributed by atoms with Gasteiger partial charge in [0.2, 0.25) is 5.91 Å². The summed E-state index contributed by atoms with van der Waals surface area (Å²) in [6.45, 7) is 6.57. The molecule has 2 aliphatic heterocycles. The standard InChI is InChI=1S/C23H24FN9O2/c1-14-18(3-4-20(24)19(14)8-25)21-11-31-5-6-32(10-17(31)12-35-21)22(34)7-16-9-26-23(28-15(16)2)33-13-27-29-30-33/h3-4,9,13,17,21H,5-7,10-12H2,1-2H3/t17-,21+/m0/s1. The molecule has 2 fully saturated rings. The van der Waals surface area contributed by atoms with Gasteiger partial charge in [-0.15, -0.1) is 5.10 Å². The molecule has 2 aromatic heterocycles. The van der Waals surface area contributed by atoms with Crippen molar-refractivity contribution in [1.82, 2.24) is 40.0 Å². The summed E-state index contributed by atoms with van der Waals surface area (Å²) in [5.74, 6) is -0.147. The molecule has 5 rings (SSSR count). The van der Waals surface area contributed by atoms with Crippen LogP contribution in [0, 0.1) is 31.0 Å². The number of tetrazole rings is 1. The number of fused-ring (bicyclic) bond motifs is 1. The van der Waals surface area contributed by atoms with Crippen LogP contribution in [0.4, 0.5) is 4.39 Å². The molecule has 2 saturated heterocycles. The number of aromatic nitrogens is 6. The fourth-order valence-electron chi connectivity index (χ4n) is 4.67. The van der Waals surface area contributed by atoms with Crippen LogP contribution in [0.2, 0.25) is 0 Å². The maximum Gasteiger partial charge on any atom is 0.253 e. The first-order valence-electron chi connectivity index (χ1n) is 11.3. The van der Waals surface area contributed by atoms with Crippen molar-refractivity contribution in [2.75, 3.05) is 32.8 Å². The summed E-state index contributed by atoms with van der Waals surface area (Å²) < 4.78 is 21.4. The largest absolute Gasteiger partial charge is 0.370 e. The molecule has 0 spiro atoms. The van der Waals surface area contributed by atoms with Crippen LogP contribution >= 0.6 is 0 Å². The van der Waals surface area contributed by atoms with Gasteiger partial charge in [0.1, 0.15) is 18.2 Å². The summed E-state index contributed by atoms with van der Waals surface area (Å²) in [6.07, 6.45) is 3.03. The number of rotatable bonds is 4. The lowest BCUT2D eigenvalue weighted by atomic mass is 9.96. The second kappa shape index (κ2) is 9.44. The van der Waals surface area contributed by atoms with E-state index in [0.29, 0.717) is 43.4 Å². The average Bonchev–Trinajstić information content (AvgIpc) is 3.40. The average molecular weight is 478 g/mol. The molecule has 11 nitrogen and oxygen atoms in total. The zero-order chi connectivity index (χ0) is 24.5. The first kappa shape index (κ1) is 22.9. The van der Waals surface area contributed by atoms with E-state index in [1.165, 1.54) is 17.1 Å². The highest BCUT2D eigenvalue weighted by Gasteiger charge is 2.36. The van der Waals surface area contributed by atoms with Gasteiger partial charge in [0.15, 0.2) is 0 Å². The van der Waals surface area contributed by atoms with Crippen LogP contribution in [0.1, 0.15) is 34.1 Å². The molecule has 2 atom stereocenters. The quantitative estimate of drug-likeness (QED) is 0.539. The molecule has 35 heavy (non-hydrogen) atoms. The Balaban J connectivity index is 1.21. The molecule has 0 bridgehead atoms. The van der Waals surface area contributed by atoms with Crippen LogP contribution in [-0.2, 0) is 16.0 Å². The van der Waals surface area contributed by atoms with Crippen LogP contribution in [0.5, 0.6) is 0 Å². The summed E-state index contributed by atoms with van der Waals surface area (Å²) in [4.78, 5) is 25.9. The number of aryl methyl sites for hydroxylation is 1. The van der Waals surface area contributed by atoms with Crippen molar-refractivity contribution in [3.8, 4) is 12.0 Å². The van der Waals surface area contributed by atoms with E-state index in [0.717, 1.165) is 17.7 Å².